The maximum Gasteiger partial charge on any atom is 0.249 e. The first-order valence-electron chi connectivity index (χ1n) is 9.07. The Morgan fingerprint density at radius 2 is 1.76 bits per heavy atom. The van der Waals surface area contributed by atoms with Crippen LogP contribution in [0.25, 0.3) is 11.1 Å². The molecule has 8 heteroatoms. The van der Waals surface area contributed by atoms with Crippen molar-refractivity contribution in [2.45, 2.75) is 12.5 Å². The van der Waals surface area contributed by atoms with E-state index < -0.39 is 6.04 Å². The monoisotopic (exact) mass is 392 g/mol. The summed E-state index contributed by atoms with van der Waals surface area (Å²) in [5.74, 6) is 1.05. The van der Waals surface area contributed by atoms with Crippen molar-refractivity contribution in [3.05, 3.63) is 54.7 Å². The third-order valence-electron chi connectivity index (χ3n) is 4.79. The number of rotatable bonds is 5. The van der Waals surface area contributed by atoms with Gasteiger partial charge in [0.25, 0.3) is 0 Å². The Bertz CT molecular complexity index is 1080. The molecule has 0 saturated heterocycles. The van der Waals surface area contributed by atoms with Gasteiger partial charge in [-0.05, 0) is 18.2 Å². The number of benzene rings is 2. The summed E-state index contributed by atoms with van der Waals surface area (Å²) in [5, 5.41) is 10.0. The molecule has 0 saturated carbocycles. The Morgan fingerprint density at radius 3 is 2.52 bits per heavy atom. The van der Waals surface area contributed by atoms with Crippen LogP contribution in [0.1, 0.15) is 12.5 Å². The number of aromatic nitrogens is 2. The van der Waals surface area contributed by atoms with Crippen LogP contribution in [0.15, 0.2) is 54.7 Å². The SMILES string of the molecule is COc1ccccc1NC(=O)[C@H]1CC(=O)Nc2c(-c3ccccc3OC)cnn21. The number of nitrogens with zero attached hydrogens (tertiary/aromatic N) is 2. The smallest absolute Gasteiger partial charge is 0.249 e. The van der Waals surface area contributed by atoms with Crippen LogP contribution in [-0.4, -0.2) is 35.8 Å². The van der Waals surface area contributed by atoms with E-state index in [1.165, 1.54) is 11.8 Å². The topological polar surface area (TPSA) is 94.5 Å². The highest BCUT2D eigenvalue weighted by atomic mass is 16.5. The van der Waals surface area contributed by atoms with Crippen LogP contribution >= 0.6 is 0 Å². The minimum atomic E-state index is -0.785. The number of anilines is 2. The maximum absolute atomic E-state index is 13.0. The Morgan fingerprint density at radius 1 is 1.07 bits per heavy atom. The summed E-state index contributed by atoms with van der Waals surface area (Å²) in [5.41, 5.74) is 2.00. The number of hydrogen-bond acceptors (Lipinski definition) is 5. The highest BCUT2D eigenvalue weighted by molar-refractivity contribution is 6.03. The van der Waals surface area contributed by atoms with Gasteiger partial charge in [0, 0.05) is 11.1 Å². The van der Waals surface area contributed by atoms with Gasteiger partial charge in [0.2, 0.25) is 11.8 Å². The minimum Gasteiger partial charge on any atom is -0.496 e. The first-order valence-corrected chi connectivity index (χ1v) is 9.07. The van der Waals surface area contributed by atoms with Gasteiger partial charge in [0.1, 0.15) is 23.4 Å². The summed E-state index contributed by atoms with van der Waals surface area (Å²) >= 11 is 0. The summed E-state index contributed by atoms with van der Waals surface area (Å²) in [6, 6.07) is 13.8. The van der Waals surface area contributed by atoms with Gasteiger partial charge in [-0.1, -0.05) is 30.3 Å². The lowest BCUT2D eigenvalue weighted by Gasteiger charge is -2.25. The molecule has 4 rings (SSSR count). The zero-order valence-corrected chi connectivity index (χ0v) is 16.0. The Kier molecular flexibility index (Phi) is 4.90. The fourth-order valence-corrected chi connectivity index (χ4v) is 3.40. The van der Waals surface area contributed by atoms with Crippen LogP contribution in [0.4, 0.5) is 11.5 Å². The van der Waals surface area contributed by atoms with Crippen molar-refractivity contribution in [3.63, 3.8) is 0 Å². The summed E-state index contributed by atoms with van der Waals surface area (Å²) < 4.78 is 12.2. The van der Waals surface area contributed by atoms with Crippen LogP contribution in [0, 0.1) is 0 Å². The number of amides is 2. The molecule has 0 fully saturated rings. The second kappa shape index (κ2) is 7.67. The van der Waals surface area contributed by atoms with Crippen LogP contribution in [0.3, 0.4) is 0 Å². The van der Waals surface area contributed by atoms with Gasteiger partial charge in [-0.25, -0.2) is 4.68 Å². The molecule has 1 atom stereocenters. The van der Waals surface area contributed by atoms with Gasteiger partial charge >= 0.3 is 0 Å². The summed E-state index contributed by atoms with van der Waals surface area (Å²) in [6.07, 6.45) is 1.61. The number of para-hydroxylation sites is 3. The lowest BCUT2D eigenvalue weighted by atomic mass is 10.1. The standard InChI is InChI=1S/C21H20N4O4/c1-28-17-9-5-3-7-13(17)14-12-22-25-16(11-19(26)24-20(14)25)21(27)23-15-8-4-6-10-18(15)29-2/h3-10,12,16H,11H2,1-2H3,(H,23,27)(H,24,26)/t16-/m1/s1. The molecule has 8 nitrogen and oxygen atoms in total. The molecule has 2 N–H and O–H groups in total. The summed E-state index contributed by atoms with van der Waals surface area (Å²) in [4.78, 5) is 25.3. The molecule has 29 heavy (non-hydrogen) atoms. The van der Waals surface area contributed by atoms with E-state index in [9.17, 15) is 9.59 Å². The van der Waals surface area contributed by atoms with E-state index in [2.05, 4.69) is 15.7 Å². The average Bonchev–Trinajstić information content (AvgIpc) is 3.16. The molecule has 2 heterocycles. The van der Waals surface area contributed by atoms with Crippen LogP contribution in [0.2, 0.25) is 0 Å². The molecule has 148 valence electrons. The first-order chi connectivity index (χ1) is 14.1. The molecule has 2 aromatic carbocycles. The van der Waals surface area contributed by atoms with E-state index >= 15 is 0 Å². The lowest BCUT2D eigenvalue weighted by Crippen LogP contribution is -2.35. The molecule has 1 aliphatic heterocycles. The van der Waals surface area contributed by atoms with Crippen molar-refractivity contribution in [3.8, 4) is 22.6 Å². The molecule has 1 aliphatic rings. The predicted molar refractivity (Wildman–Crippen MR) is 108 cm³/mol. The van der Waals surface area contributed by atoms with Gasteiger partial charge in [0.15, 0.2) is 0 Å². The van der Waals surface area contributed by atoms with Crippen molar-refractivity contribution in [2.24, 2.45) is 0 Å². The zero-order valence-electron chi connectivity index (χ0n) is 16.0. The largest absolute Gasteiger partial charge is 0.496 e. The van der Waals surface area contributed by atoms with Crippen molar-refractivity contribution in [2.75, 3.05) is 24.9 Å². The van der Waals surface area contributed by atoms with Crippen molar-refractivity contribution < 1.29 is 19.1 Å². The Hall–Kier alpha value is -3.81. The average molecular weight is 392 g/mol. The quantitative estimate of drug-likeness (QED) is 0.696. The van der Waals surface area contributed by atoms with E-state index in [1.807, 2.05) is 30.3 Å². The number of methoxy groups -OCH3 is 2. The molecule has 0 bridgehead atoms. The van der Waals surface area contributed by atoms with Crippen molar-refractivity contribution in [1.82, 2.24) is 9.78 Å². The highest BCUT2D eigenvalue weighted by Gasteiger charge is 2.34. The van der Waals surface area contributed by atoms with Gasteiger partial charge in [0.05, 0.1) is 32.5 Å². The van der Waals surface area contributed by atoms with Crippen LogP contribution in [-0.2, 0) is 9.59 Å². The van der Waals surface area contributed by atoms with Gasteiger partial charge in [-0.2, -0.15) is 5.10 Å². The number of nitrogens with one attached hydrogen (secondary N) is 2. The number of hydrogen-bond donors (Lipinski definition) is 2. The summed E-state index contributed by atoms with van der Waals surface area (Å²) in [6.45, 7) is 0. The Balaban J connectivity index is 1.69. The molecule has 3 aromatic rings. The van der Waals surface area contributed by atoms with E-state index in [1.54, 1.807) is 31.5 Å². The normalized spacial score (nSPS) is 15.2. The third kappa shape index (κ3) is 3.40. The molecule has 0 radical (unpaired) electrons. The fourth-order valence-electron chi connectivity index (χ4n) is 3.40. The van der Waals surface area contributed by atoms with E-state index in [0.29, 0.717) is 28.6 Å². The van der Waals surface area contributed by atoms with Crippen LogP contribution in [0.5, 0.6) is 11.5 Å². The highest BCUT2D eigenvalue weighted by Crippen LogP contribution is 2.38. The van der Waals surface area contributed by atoms with Crippen molar-refractivity contribution in [1.29, 1.82) is 0 Å². The maximum atomic E-state index is 13.0. The zero-order chi connectivity index (χ0) is 20.4. The number of fused-ring (bicyclic) bond motifs is 1. The lowest BCUT2D eigenvalue weighted by molar-refractivity contribution is -0.125. The molecule has 0 unspecified atom stereocenters. The molecule has 0 spiro atoms. The second-order valence-electron chi connectivity index (χ2n) is 6.51. The van der Waals surface area contributed by atoms with E-state index in [0.717, 1.165) is 5.56 Å². The van der Waals surface area contributed by atoms with Gasteiger partial charge in [-0.15, -0.1) is 0 Å². The number of carbonyl (C=O) groups is 2. The molecular weight excluding hydrogens is 372 g/mol. The Labute approximate surface area is 167 Å². The minimum absolute atomic E-state index is 0.0129. The second-order valence-corrected chi connectivity index (χ2v) is 6.51. The summed E-state index contributed by atoms with van der Waals surface area (Å²) in [7, 11) is 3.11. The van der Waals surface area contributed by atoms with Crippen LogP contribution < -0.4 is 20.1 Å². The van der Waals surface area contributed by atoms with Crippen molar-refractivity contribution >= 4 is 23.3 Å². The van der Waals surface area contributed by atoms with Gasteiger partial charge in [-0.3, -0.25) is 9.59 Å². The molecule has 0 aliphatic carbocycles. The molecule has 2 amide bonds. The molecule has 1 aromatic heterocycles. The first kappa shape index (κ1) is 18.5. The number of ether oxygens (including phenoxy) is 2. The fraction of sp³-hybridized carbons (Fsp3) is 0.190. The van der Waals surface area contributed by atoms with E-state index in [-0.39, 0.29) is 18.2 Å². The number of carbonyl (C=O) groups excluding carboxylic acids is 2. The van der Waals surface area contributed by atoms with Gasteiger partial charge < -0.3 is 20.1 Å². The third-order valence-corrected chi connectivity index (χ3v) is 4.79. The predicted octanol–water partition coefficient (Wildman–Crippen LogP) is 3.09. The molecular formula is C21H20N4O4. The van der Waals surface area contributed by atoms with E-state index in [4.69, 9.17) is 9.47 Å².